The number of aryl methyl sites for hydroxylation is 1. The third-order valence-corrected chi connectivity index (χ3v) is 3.97. The van der Waals surface area contributed by atoms with Crippen LogP contribution in [0.2, 0.25) is 0 Å². The first-order valence-electron chi connectivity index (χ1n) is 8.56. The fourth-order valence-electron chi connectivity index (χ4n) is 2.53. The third-order valence-electron chi connectivity index (χ3n) is 3.97. The Labute approximate surface area is 165 Å². The summed E-state index contributed by atoms with van der Waals surface area (Å²) in [6.45, 7) is 0. The van der Waals surface area contributed by atoms with E-state index in [1.807, 2.05) is 12.1 Å². The molecule has 0 atom stereocenters. The number of anilines is 3. The molecule has 0 unspecified atom stereocenters. The first-order valence-corrected chi connectivity index (χ1v) is 8.56. The fraction of sp³-hybridized carbons (Fsp3) is 0.0952. The Balaban J connectivity index is 1.83. The molecule has 0 bridgehead atoms. The molecular weight excluding hydrogens is 376 g/mol. The average molecular weight is 391 g/mol. The zero-order valence-electron chi connectivity index (χ0n) is 15.1. The second-order valence-electron chi connectivity index (χ2n) is 6.05. The van der Waals surface area contributed by atoms with Gasteiger partial charge in [0.05, 0.1) is 23.4 Å². The van der Waals surface area contributed by atoms with E-state index in [0.29, 0.717) is 22.5 Å². The van der Waals surface area contributed by atoms with E-state index in [-0.39, 0.29) is 24.5 Å². The summed E-state index contributed by atoms with van der Waals surface area (Å²) >= 11 is 0. The Morgan fingerprint density at radius 1 is 1.03 bits per heavy atom. The summed E-state index contributed by atoms with van der Waals surface area (Å²) < 4.78 is 33.9. The van der Waals surface area contributed by atoms with E-state index in [9.17, 15) is 8.78 Å². The maximum Gasteiger partial charge on any atom is 0.221 e. The van der Waals surface area contributed by atoms with Crippen LogP contribution in [0.4, 0.5) is 26.0 Å². The molecule has 0 amide bonds. The van der Waals surface area contributed by atoms with Crippen molar-refractivity contribution in [1.29, 1.82) is 10.5 Å². The molecule has 29 heavy (non-hydrogen) atoms. The lowest BCUT2D eigenvalue weighted by molar-refractivity contribution is 0.395. The Kier molecular flexibility index (Phi) is 5.86. The number of nitrogens with two attached hydrogens (primary N) is 1. The number of ether oxygens (including phenoxy) is 1. The molecule has 0 aliphatic carbocycles. The zero-order valence-corrected chi connectivity index (χ0v) is 15.1. The number of nitrogens with zero attached hydrogens (tertiary/aromatic N) is 3. The first-order chi connectivity index (χ1) is 14.0. The highest BCUT2D eigenvalue weighted by molar-refractivity contribution is 5.69. The lowest BCUT2D eigenvalue weighted by Crippen LogP contribution is -2.02. The molecule has 0 saturated carbocycles. The highest BCUT2D eigenvalue weighted by atomic mass is 19.1. The number of hydrogen-bond acceptors (Lipinski definition) is 6. The van der Waals surface area contributed by atoms with Crippen LogP contribution in [0.1, 0.15) is 17.5 Å². The van der Waals surface area contributed by atoms with Gasteiger partial charge >= 0.3 is 0 Å². The Morgan fingerprint density at radius 2 is 1.72 bits per heavy atom. The summed E-state index contributed by atoms with van der Waals surface area (Å²) in [6.07, 6.45) is 0.395. The van der Waals surface area contributed by atoms with Crippen LogP contribution in [0.3, 0.4) is 0 Å². The molecule has 3 aromatic rings. The number of benzene rings is 2. The minimum absolute atomic E-state index is 0.0575. The molecule has 1 heterocycles. The van der Waals surface area contributed by atoms with Gasteiger partial charge in [-0.3, -0.25) is 0 Å². The molecule has 6 nitrogen and oxygen atoms in total. The average Bonchev–Trinajstić information content (AvgIpc) is 2.72. The van der Waals surface area contributed by atoms with Gasteiger partial charge in [0.15, 0.2) is 17.5 Å². The molecule has 1 aromatic heterocycles. The summed E-state index contributed by atoms with van der Waals surface area (Å²) in [5, 5.41) is 20.4. The van der Waals surface area contributed by atoms with Gasteiger partial charge in [-0.25, -0.2) is 8.78 Å². The molecule has 0 aliphatic rings. The van der Waals surface area contributed by atoms with Crippen molar-refractivity contribution in [3.05, 3.63) is 71.3 Å². The second kappa shape index (κ2) is 8.68. The van der Waals surface area contributed by atoms with Crippen LogP contribution in [0, 0.1) is 34.3 Å². The molecule has 144 valence electrons. The Hall–Kier alpha value is -4.17. The number of nitrogens with one attached hydrogen (secondary N) is 1. The van der Waals surface area contributed by atoms with Crippen molar-refractivity contribution in [2.75, 3.05) is 11.1 Å². The maximum atomic E-state index is 14.3. The van der Waals surface area contributed by atoms with Gasteiger partial charge in [-0.1, -0.05) is 0 Å². The smallest absolute Gasteiger partial charge is 0.221 e. The summed E-state index contributed by atoms with van der Waals surface area (Å²) in [4.78, 5) is 4.16. The van der Waals surface area contributed by atoms with E-state index in [1.165, 1.54) is 12.1 Å². The predicted molar refractivity (Wildman–Crippen MR) is 103 cm³/mol. The number of nitrogen functional groups attached to an aromatic ring is 1. The Morgan fingerprint density at radius 3 is 2.34 bits per heavy atom. The van der Waals surface area contributed by atoms with Gasteiger partial charge in [0.2, 0.25) is 11.6 Å². The molecule has 3 N–H and O–H groups in total. The minimum atomic E-state index is -0.891. The van der Waals surface area contributed by atoms with E-state index < -0.39 is 17.4 Å². The standard InChI is InChI=1S/C21H15F2N5O/c22-16-10-14(2-1-9-24)11-17(23)20(16)29-19-8-7-18(26)21(28-19)27-15-5-3-13(12-25)4-6-15/h3-8,10-11H,1-2,26H2,(H,27,28). The molecule has 0 fully saturated rings. The van der Waals surface area contributed by atoms with Crippen LogP contribution in [0.5, 0.6) is 11.6 Å². The molecule has 0 radical (unpaired) electrons. The van der Waals surface area contributed by atoms with Crippen molar-refractivity contribution in [2.45, 2.75) is 12.8 Å². The Bertz CT molecular complexity index is 1090. The van der Waals surface area contributed by atoms with Crippen molar-refractivity contribution in [1.82, 2.24) is 4.98 Å². The van der Waals surface area contributed by atoms with Gasteiger partial charge in [0.25, 0.3) is 0 Å². The summed E-state index contributed by atoms with van der Waals surface area (Å²) in [5.74, 6) is -2.19. The van der Waals surface area contributed by atoms with Crippen molar-refractivity contribution in [2.24, 2.45) is 0 Å². The second-order valence-corrected chi connectivity index (χ2v) is 6.05. The molecule has 0 spiro atoms. The van der Waals surface area contributed by atoms with E-state index in [4.69, 9.17) is 21.0 Å². The van der Waals surface area contributed by atoms with Gasteiger partial charge in [0.1, 0.15) is 0 Å². The quantitative estimate of drug-likeness (QED) is 0.624. The van der Waals surface area contributed by atoms with Crippen molar-refractivity contribution >= 4 is 17.2 Å². The third kappa shape index (κ3) is 4.76. The molecule has 0 saturated heterocycles. The van der Waals surface area contributed by atoms with Crippen molar-refractivity contribution in [3.63, 3.8) is 0 Å². The van der Waals surface area contributed by atoms with Gasteiger partial charge in [0, 0.05) is 18.2 Å². The molecular formula is C21H15F2N5O. The van der Waals surface area contributed by atoms with E-state index in [0.717, 1.165) is 12.1 Å². The highest BCUT2D eigenvalue weighted by Gasteiger charge is 2.15. The molecule has 2 aromatic carbocycles. The summed E-state index contributed by atoms with van der Waals surface area (Å²) in [6, 6.07) is 15.7. The van der Waals surface area contributed by atoms with Gasteiger partial charge in [-0.05, 0) is 54.4 Å². The topological polar surface area (TPSA) is 108 Å². The van der Waals surface area contributed by atoms with Crippen LogP contribution < -0.4 is 15.8 Å². The highest BCUT2D eigenvalue weighted by Crippen LogP contribution is 2.31. The first kappa shape index (κ1) is 19.6. The number of rotatable bonds is 6. The number of nitriles is 2. The van der Waals surface area contributed by atoms with Crippen LogP contribution in [-0.2, 0) is 6.42 Å². The zero-order chi connectivity index (χ0) is 20.8. The maximum absolute atomic E-state index is 14.3. The minimum Gasteiger partial charge on any atom is -0.433 e. The van der Waals surface area contributed by atoms with E-state index >= 15 is 0 Å². The monoisotopic (exact) mass is 391 g/mol. The van der Waals surface area contributed by atoms with Crippen LogP contribution in [-0.4, -0.2) is 4.98 Å². The number of aromatic nitrogens is 1. The van der Waals surface area contributed by atoms with Gasteiger partial charge in [-0.2, -0.15) is 15.5 Å². The van der Waals surface area contributed by atoms with E-state index in [1.54, 1.807) is 24.3 Å². The van der Waals surface area contributed by atoms with Crippen molar-refractivity contribution in [3.8, 4) is 23.8 Å². The van der Waals surface area contributed by atoms with Crippen molar-refractivity contribution < 1.29 is 13.5 Å². The van der Waals surface area contributed by atoms with Crippen LogP contribution >= 0.6 is 0 Å². The molecule has 0 aliphatic heterocycles. The van der Waals surface area contributed by atoms with Gasteiger partial charge < -0.3 is 15.8 Å². The number of pyridine rings is 1. The van der Waals surface area contributed by atoms with Gasteiger partial charge in [-0.15, -0.1) is 0 Å². The van der Waals surface area contributed by atoms with Crippen LogP contribution in [0.25, 0.3) is 0 Å². The SMILES string of the molecule is N#CCCc1cc(F)c(Oc2ccc(N)c(Nc3ccc(C#N)cc3)n2)c(F)c1. The van der Waals surface area contributed by atoms with Crippen LogP contribution in [0.15, 0.2) is 48.5 Å². The fourth-order valence-corrected chi connectivity index (χ4v) is 2.53. The summed E-state index contributed by atoms with van der Waals surface area (Å²) in [7, 11) is 0. The predicted octanol–water partition coefficient (Wildman–Crippen LogP) is 4.81. The largest absolute Gasteiger partial charge is 0.433 e. The molecule has 3 rings (SSSR count). The normalized spacial score (nSPS) is 10.1. The number of hydrogen-bond donors (Lipinski definition) is 2. The lowest BCUT2D eigenvalue weighted by atomic mass is 10.1. The lowest BCUT2D eigenvalue weighted by Gasteiger charge is -2.12. The summed E-state index contributed by atoms with van der Waals surface area (Å²) in [5.41, 5.74) is 7.69. The number of halogens is 2. The van der Waals surface area contributed by atoms with E-state index in [2.05, 4.69) is 10.3 Å². The molecule has 8 heteroatoms.